The van der Waals surface area contributed by atoms with E-state index in [-0.39, 0.29) is 17.1 Å². The van der Waals surface area contributed by atoms with E-state index < -0.39 is 5.60 Å². The molecule has 4 rings (SSSR count). The molecule has 7 atom stereocenters. The third-order valence-electron chi connectivity index (χ3n) is 10.3. The van der Waals surface area contributed by atoms with Crippen LogP contribution in [0.1, 0.15) is 98.8 Å². The number of allylic oxidation sites excluding steroid dienone is 1. The van der Waals surface area contributed by atoms with Crippen molar-refractivity contribution in [2.24, 2.45) is 28.6 Å². The number of hydrogen-bond donors (Lipinski definition) is 3. The highest BCUT2D eigenvalue weighted by molar-refractivity contribution is 5.28. The lowest BCUT2D eigenvalue weighted by Crippen LogP contribution is -2.69. The van der Waals surface area contributed by atoms with Gasteiger partial charge in [0.05, 0.1) is 17.2 Å². The molecular formula is C26H45NO2. The number of aliphatic hydroxyl groups excluding tert-OH is 1. The van der Waals surface area contributed by atoms with Gasteiger partial charge in [-0.15, -0.1) is 0 Å². The first kappa shape index (κ1) is 21.8. The highest BCUT2D eigenvalue weighted by Gasteiger charge is 2.67. The third kappa shape index (κ3) is 3.09. The Bertz CT molecular complexity index is 652. The van der Waals surface area contributed by atoms with E-state index in [4.69, 9.17) is 0 Å². The Morgan fingerprint density at radius 2 is 1.83 bits per heavy atom. The molecule has 3 nitrogen and oxygen atoms in total. The molecule has 29 heavy (non-hydrogen) atoms. The second-order valence-corrected chi connectivity index (χ2v) is 11.9. The lowest BCUT2D eigenvalue weighted by Gasteiger charge is -2.62. The Kier molecular flexibility index (Phi) is 5.53. The zero-order valence-corrected chi connectivity index (χ0v) is 19.6. The van der Waals surface area contributed by atoms with Crippen LogP contribution in [0.2, 0.25) is 0 Å². The van der Waals surface area contributed by atoms with Gasteiger partial charge in [0.25, 0.3) is 0 Å². The van der Waals surface area contributed by atoms with Crippen LogP contribution in [0, 0.1) is 28.6 Å². The Hall–Kier alpha value is -0.380. The van der Waals surface area contributed by atoms with E-state index in [1.807, 2.05) is 13.8 Å². The Morgan fingerprint density at radius 3 is 2.52 bits per heavy atom. The zero-order valence-electron chi connectivity index (χ0n) is 19.6. The summed E-state index contributed by atoms with van der Waals surface area (Å²) in [4.78, 5) is 0. The van der Waals surface area contributed by atoms with E-state index in [1.54, 1.807) is 5.57 Å². The minimum atomic E-state index is -0.717. The first-order valence-corrected chi connectivity index (χ1v) is 12.4. The first-order valence-electron chi connectivity index (χ1n) is 12.4. The van der Waals surface area contributed by atoms with Gasteiger partial charge >= 0.3 is 0 Å². The fourth-order valence-corrected chi connectivity index (χ4v) is 8.67. The summed E-state index contributed by atoms with van der Waals surface area (Å²) in [6.07, 6.45) is 13.8. The quantitative estimate of drug-likeness (QED) is 0.436. The van der Waals surface area contributed by atoms with Crippen molar-refractivity contribution in [2.45, 2.75) is 116 Å². The summed E-state index contributed by atoms with van der Waals surface area (Å²) >= 11 is 0. The van der Waals surface area contributed by atoms with Gasteiger partial charge in [0, 0.05) is 0 Å². The molecule has 0 aliphatic heterocycles. The maximum atomic E-state index is 11.4. The first-order chi connectivity index (χ1) is 13.6. The van der Waals surface area contributed by atoms with Crippen LogP contribution in [0.3, 0.4) is 0 Å². The minimum Gasteiger partial charge on any atom is -0.393 e. The molecule has 0 amide bonds. The van der Waals surface area contributed by atoms with Crippen molar-refractivity contribution in [1.29, 1.82) is 0 Å². The van der Waals surface area contributed by atoms with E-state index in [1.165, 1.54) is 38.5 Å². The SMILES string of the molecule is CCCCN[C@]1(C(C)(C)O)CC[C@H]2[C@@H]3CC=C4C[C@@H](O)CC[C@]4(C)[C@H]3CC[C@@]21C. The molecular weight excluding hydrogens is 358 g/mol. The van der Waals surface area contributed by atoms with Gasteiger partial charge in [-0.05, 0) is 107 Å². The summed E-state index contributed by atoms with van der Waals surface area (Å²) < 4.78 is 0. The summed E-state index contributed by atoms with van der Waals surface area (Å²) in [6, 6.07) is 0. The van der Waals surface area contributed by atoms with Crippen molar-refractivity contribution in [1.82, 2.24) is 5.32 Å². The van der Waals surface area contributed by atoms with E-state index >= 15 is 0 Å². The molecule has 4 aliphatic rings. The summed E-state index contributed by atoms with van der Waals surface area (Å²) in [5.41, 5.74) is 1.09. The maximum Gasteiger partial charge on any atom is 0.0777 e. The number of aliphatic hydroxyl groups is 2. The van der Waals surface area contributed by atoms with Crippen molar-refractivity contribution >= 4 is 0 Å². The topological polar surface area (TPSA) is 52.5 Å². The Labute approximate surface area is 178 Å². The van der Waals surface area contributed by atoms with Gasteiger partial charge in [0.1, 0.15) is 0 Å². The van der Waals surface area contributed by atoms with Gasteiger partial charge in [0.2, 0.25) is 0 Å². The number of fused-ring (bicyclic) bond motifs is 5. The van der Waals surface area contributed by atoms with Gasteiger partial charge in [0.15, 0.2) is 0 Å². The Balaban J connectivity index is 1.66. The van der Waals surface area contributed by atoms with Crippen LogP contribution in [0.15, 0.2) is 11.6 Å². The van der Waals surface area contributed by atoms with E-state index in [2.05, 4.69) is 32.2 Å². The van der Waals surface area contributed by atoms with Crippen molar-refractivity contribution in [3.63, 3.8) is 0 Å². The molecule has 166 valence electrons. The van der Waals surface area contributed by atoms with Crippen molar-refractivity contribution in [3.05, 3.63) is 11.6 Å². The molecule has 0 aromatic heterocycles. The largest absolute Gasteiger partial charge is 0.393 e. The van der Waals surface area contributed by atoms with Gasteiger partial charge in [-0.1, -0.05) is 38.8 Å². The van der Waals surface area contributed by atoms with Crippen LogP contribution >= 0.6 is 0 Å². The van der Waals surface area contributed by atoms with Crippen molar-refractivity contribution in [2.75, 3.05) is 6.54 Å². The fourth-order valence-electron chi connectivity index (χ4n) is 8.67. The van der Waals surface area contributed by atoms with Gasteiger partial charge in [-0.25, -0.2) is 0 Å². The molecule has 0 aromatic carbocycles. The zero-order chi connectivity index (χ0) is 21.1. The van der Waals surface area contributed by atoms with Crippen LogP contribution in [-0.4, -0.2) is 34.0 Å². The highest BCUT2D eigenvalue weighted by atomic mass is 16.3. The molecule has 4 aliphatic carbocycles. The standard InChI is InChI=1S/C26H45NO2/c1-6-7-16-27-26(23(2,3)29)15-12-22-20-9-8-18-17-19(28)10-13-24(18,4)21(20)11-14-25(22,26)5/h8,19-22,27-29H,6-7,9-17H2,1-5H3/t19-,20+,21-,22-,24-,25-,26-/m0/s1. The highest BCUT2D eigenvalue weighted by Crippen LogP contribution is 2.68. The molecule has 3 fully saturated rings. The number of nitrogens with one attached hydrogen (secondary N) is 1. The second-order valence-electron chi connectivity index (χ2n) is 11.9. The average molecular weight is 404 g/mol. The number of unbranched alkanes of at least 4 members (excludes halogenated alkanes) is 1. The summed E-state index contributed by atoms with van der Waals surface area (Å²) in [6.45, 7) is 12.4. The van der Waals surface area contributed by atoms with Crippen LogP contribution in [0.5, 0.6) is 0 Å². The van der Waals surface area contributed by atoms with E-state index in [9.17, 15) is 10.2 Å². The van der Waals surface area contributed by atoms with E-state index in [0.29, 0.717) is 11.3 Å². The van der Waals surface area contributed by atoms with Crippen LogP contribution in [0.25, 0.3) is 0 Å². The van der Waals surface area contributed by atoms with Gasteiger partial charge in [-0.3, -0.25) is 0 Å². The number of hydrogen-bond acceptors (Lipinski definition) is 3. The molecule has 0 bridgehead atoms. The number of rotatable bonds is 5. The van der Waals surface area contributed by atoms with Crippen LogP contribution in [-0.2, 0) is 0 Å². The smallest absolute Gasteiger partial charge is 0.0777 e. The predicted molar refractivity (Wildman–Crippen MR) is 120 cm³/mol. The molecule has 0 radical (unpaired) electrons. The summed E-state index contributed by atoms with van der Waals surface area (Å²) in [5.74, 6) is 2.17. The van der Waals surface area contributed by atoms with E-state index in [0.717, 1.165) is 44.1 Å². The summed E-state index contributed by atoms with van der Waals surface area (Å²) in [7, 11) is 0. The predicted octanol–water partition coefficient (Wildman–Crippen LogP) is 5.21. The van der Waals surface area contributed by atoms with Crippen LogP contribution < -0.4 is 5.32 Å². The second kappa shape index (κ2) is 7.35. The Morgan fingerprint density at radius 1 is 1.10 bits per heavy atom. The van der Waals surface area contributed by atoms with Gasteiger partial charge in [-0.2, -0.15) is 0 Å². The molecule has 0 aromatic rings. The molecule has 3 saturated carbocycles. The van der Waals surface area contributed by atoms with Crippen LogP contribution in [0.4, 0.5) is 0 Å². The fraction of sp³-hybridized carbons (Fsp3) is 0.923. The average Bonchev–Trinajstić information content (AvgIpc) is 2.96. The summed E-state index contributed by atoms with van der Waals surface area (Å²) in [5, 5.41) is 25.6. The van der Waals surface area contributed by atoms with Gasteiger partial charge < -0.3 is 15.5 Å². The molecule has 0 heterocycles. The monoisotopic (exact) mass is 403 g/mol. The lowest BCUT2D eigenvalue weighted by atomic mass is 9.45. The minimum absolute atomic E-state index is 0.128. The molecule has 0 saturated heterocycles. The normalized spacial score (nSPS) is 47.2. The van der Waals surface area contributed by atoms with Crippen molar-refractivity contribution < 1.29 is 10.2 Å². The molecule has 0 spiro atoms. The molecule has 3 N–H and O–H groups in total. The molecule has 0 unspecified atom stereocenters. The maximum absolute atomic E-state index is 11.4. The molecule has 3 heteroatoms. The third-order valence-corrected chi connectivity index (χ3v) is 10.3. The van der Waals surface area contributed by atoms with Crippen molar-refractivity contribution in [3.8, 4) is 0 Å². The lowest BCUT2D eigenvalue weighted by molar-refractivity contribution is -0.124.